The molecule has 1 fully saturated rings. The molecule has 94 valence electrons. The third kappa shape index (κ3) is 3.78. The van der Waals surface area contributed by atoms with Gasteiger partial charge in [-0.2, -0.15) is 0 Å². The summed E-state index contributed by atoms with van der Waals surface area (Å²) in [6.07, 6.45) is 1.96. The molecule has 3 nitrogen and oxygen atoms in total. The Hall–Kier alpha value is -0.570. The summed E-state index contributed by atoms with van der Waals surface area (Å²) in [6, 6.07) is 0. The highest BCUT2D eigenvalue weighted by atomic mass is 16.1. The number of carbonyl (C=O) groups excluding carboxylic acids is 1. The van der Waals surface area contributed by atoms with Gasteiger partial charge < -0.3 is 10.6 Å². The van der Waals surface area contributed by atoms with Crippen molar-refractivity contribution in [2.24, 2.45) is 17.3 Å². The lowest BCUT2D eigenvalue weighted by Gasteiger charge is -2.31. The Balaban J connectivity index is 2.34. The third-order valence-electron chi connectivity index (χ3n) is 3.99. The molecule has 1 heterocycles. The predicted molar refractivity (Wildman–Crippen MR) is 67.2 cm³/mol. The number of rotatable bonds is 4. The van der Waals surface area contributed by atoms with Crippen LogP contribution >= 0.6 is 0 Å². The molecule has 0 radical (unpaired) electrons. The minimum absolute atomic E-state index is 0.183. The van der Waals surface area contributed by atoms with Gasteiger partial charge in [0.1, 0.15) is 0 Å². The van der Waals surface area contributed by atoms with Gasteiger partial charge in [0.25, 0.3) is 0 Å². The van der Waals surface area contributed by atoms with Gasteiger partial charge in [0.05, 0.1) is 0 Å². The van der Waals surface area contributed by atoms with E-state index in [0.29, 0.717) is 5.92 Å². The molecule has 0 aromatic carbocycles. The van der Waals surface area contributed by atoms with Gasteiger partial charge in [-0.05, 0) is 37.3 Å². The predicted octanol–water partition coefficient (Wildman–Crippen LogP) is 1.78. The van der Waals surface area contributed by atoms with Gasteiger partial charge in [-0.15, -0.1) is 0 Å². The van der Waals surface area contributed by atoms with Crippen LogP contribution < -0.4 is 10.6 Å². The van der Waals surface area contributed by atoms with Crippen molar-refractivity contribution >= 4 is 5.91 Å². The maximum absolute atomic E-state index is 11.9. The van der Waals surface area contributed by atoms with E-state index in [1.54, 1.807) is 0 Å². The molecule has 1 saturated heterocycles. The van der Waals surface area contributed by atoms with E-state index in [4.69, 9.17) is 0 Å². The molecule has 2 N–H and O–H groups in total. The first-order valence-corrected chi connectivity index (χ1v) is 6.42. The summed E-state index contributed by atoms with van der Waals surface area (Å²) in [5, 5.41) is 6.39. The highest BCUT2D eigenvalue weighted by Gasteiger charge is 2.26. The van der Waals surface area contributed by atoms with E-state index in [1.807, 2.05) is 0 Å². The molecule has 0 aromatic rings. The zero-order valence-corrected chi connectivity index (χ0v) is 11.1. The zero-order valence-electron chi connectivity index (χ0n) is 11.1. The number of nitrogens with one attached hydrogen (secondary N) is 2. The van der Waals surface area contributed by atoms with Crippen LogP contribution in [0.2, 0.25) is 0 Å². The van der Waals surface area contributed by atoms with Crippen LogP contribution in [0.25, 0.3) is 0 Å². The largest absolute Gasteiger partial charge is 0.355 e. The molecule has 0 aliphatic carbocycles. The normalized spacial score (nSPS) is 18.8. The second-order valence-corrected chi connectivity index (χ2v) is 5.89. The third-order valence-corrected chi connectivity index (χ3v) is 3.99. The van der Waals surface area contributed by atoms with Gasteiger partial charge in [0.15, 0.2) is 0 Å². The molecule has 1 rings (SSSR count). The fourth-order valence-corrected chi connectivity index (χ4v) is 1.75. The molecule has 1 aliphatic rings. The highest BCUT2D eigenvalue weighted by molar-refractivity contribution is 5.78. The lowest BCUT2D eigenvalue weighted by Crippen LogP contribution is -2.42. The fraction of sp³-hybridized carbons (Fsp3) is 0.923. The fourth-order valence-electron chi connectivity index (χ4n) is 1.75. The van der Waals surface area contributed by atoms with E-state index in [2.05, 4.69) is 38.3 Å². The van der Waals surface area contributed by atoms with Crippen molar-refractivity contribution in [3.63, 3.8) is 0 Å². The lowest BCUT2D eigenvalue weighted by atomic mass is 9.81. The van der Waals surface area contributed by atoms with Gasteiger partial charge in [-0.25, -0.2) is 0 Å². The summed E-state index contributed by atoms with van der Waals surface area (Å²) in [6.45, 7) is 11.6. The Labute approximate surface area is 99.4 Å². The molecular formula is C13H26N2O. The minimum atomic E-state index is 0.183. The maximum atomic E-state index is 11.9. The van der Waals surface area contributed by atoms with Crippen molar-refractivity contribution in [3.8, 4) is 0 Å². The summed E-state index contributed by atoms with van der Waals surface area (Å²) in [5.41, 5.74) is 0.183. The van der Waals surface area contributed by atoms with Crippen molar-refractivity contribution in [2.45, 2.75) is 40.5 Å². The number of carbonyl (C=O) groups is 1. The highest BCUT2D eigenvalue weighted by Crippen LogP contribution is 2.25. The van der Waals surface area contributed by atoms with E-state index >= 15 is 0 Å². The molecule has 0 spiro atoms. The summed E-state index contributed by atoms with van der Waals surface area (Å²) in [5.74, 6) is 1.06. The first-order chi connectivity index (χ1) is 7.43. The van der Waals surface area contributed by atoms with Crippen LogP contribution in [0.5, 0.6) is 0 Å². The van der Waals surface area contributed by atoms with Crippen molar-refractivity contribution < 1.29 is 4.79 Å². The van der Waals surface area contributed by atoms with E-state index in [1.165, 1.54) is 0 Å². The van der Waals surface area contributed by atoms with E-state index < -0.39 is 0 Å². The van der Waals surface area contributed by atoms with Crippen LogP contribution in [0.4, 0.5) is 0 Å². The van der Waals surface area contributed by atoms with Gasteiger partial charge in [0.2, 0.25) is 5.91 Å². The van der Waals surface area contributed by atoms with Crippen molar-refractivity contribution in [1.82, 2.24) is 10.6 Å². The van der Waals surface area contributed by atoms with Crippen LogP contribution in [0.15, 0.2) is 0 Å². The molecule has 1 aliphatic heterocycles. The Morgan fingerprint density at radius 3 is 2.44 bits per heavy atom. The minimum Gasteiger partial charge on any atom is -0.355 e. The summed E-state index contributed by atoms with van der Waals surface area (Å²) in [7, 11) is 0. The monoisotopic (exact) mass is 226 g/mol. The second-order valence-electron chi connectivity index (χ2n) is 5.89. The molecule has 0 saturated carbocycles. The number of hydrogen-bond acceptors (Lipinski definition) is 2. The van der Waals surface area contributed by atoms with E-state index in [-0.39, 0.29) is 17.2 Å². The Morgan fingerprint density at radius 2 is 1.94 bits per heavy atom. The number of hydrogen-bond donors (Lipinski definition) is 2. The lowest BCUT2D eigenvalue weighted by molar-refractivity contribution is -0.126. The average Bonchev–Trinajstić information content (AvgIpc) is 2.27. The Bertz CT molecular complexity index is 230. The quantitative estimate of drug-likeness (QED) is 0.767. The van der Waals surface area contributed by atoms with Crippen molar-refractivity contribution in [1.29, 1.82) is 0 Å². The average molecular weight is 226 g/mol. The number of piperidine rings is 1. The molecular weight excluding hydrogens is 200 g/mol. The molecule has 0 bridgehead atoms. The number of amides is 1. The molecule has 16 heavy (non-hydrogen) atoms. The first kappa shape index (κ1) is 13.5. The van der Waals surface area contributed by atoms with E-state index in [0.717, 1.165) is 32.5 Å². The van der Waals surface area contributed by atoms with Crippen molar-refractivity contribution in [3.05, 3.63) is 0 Å². The summed E-state index contributed by atoms with van der Waals surface area (Å²) in [4.78, 5) is 11.9. The Morgan fingerprint density at radius 1 is 1.38 bits per heavy atom. The molecule has 0 atom stereocenters. The van der Waals surface area contributed by atoms with Gasteiger partial charge in [-0.1, -0.05) is 27.7 Å². The maximum Gasteiger partial charge on any atom is 0.223 e. The summed E-state index contributed by atoms with van der Waals surface area (Å²) >= 11 is 0. The molecule has 3 heteroatoms. The SMILES string of the molecule is CC(C)C(C)(C)CNC(=O)C1CCNCC1. The summed E-state index contributed by atoms with van der Waals surface area (Å²) < 4.78 is 0. The van der Waals surface area contributed by atoms with Crippen LogP contribution in [0.1, 0.15) is 40.5 Å². The van der Waals surface area contributed by atoms with Crippen LogP contribution in [0.3, 0.4) is 0 Å². The smallest absolute Gasteiger partial charge is 0.223 e. The molecule has 0 unspecified atom stereocenters. The first-order valence-electron chi connectivity index (χ1n) is 6.42. The standard InChI is InChI=1S/C13H26N2O/c1-10(2)13(3,4)9-15-12(16)11-5-7-14-8-6-11/h10-11,14H,5-9H2,1-4H3,(H,15,16). The second kappa shape index (κ2) is 5.67. The topological polar surface area (TPSA) is 41.1 Å². The van der Waals surface area contributed by atoms with Gasteiger partial charge >= 0.3 is 0 Å². The van der Waals surface area contributed by atoms with Crippen molar-refractivity contribution in [2.75, 3.05) is 19.6 Å². The zero-order chi connectivity index (χ0) is 12.2. The van der Waals surface area contributed by atoms with E-state index in [9.17, 15) is 4.79 Å². The van der Waals surface area contributed by atoms with Gasteiger partial charge in [-0.3, -0.25) is 4.79 Å². The Kier molecular flexibility index (Phi) is 4.78. The van der Waals surface area contributed by atoms with Gasteiger partial charge in [0, 0.05) is 12.5 Å². The molecule has 1 amide bonds. The van der Waals surface area contributed by atoms with Crippen LogP contribution in [-0.4, -0.2) is 25.5 Å². The molecule has 0 aromatic heterocycles. The van der Waals surface area contributed by atoms with Crippen LogP contribution in [-0.2, 0) is 4.79 Å². The van der Waals surface area contributed by atoms with Crippen LogP contribution in [0, 0.1) is 17.3 Å².